The van der Waals surface area contributed by atoms with Gasteiger partial charge in [0.2, 0.25) is 5.91 Å². The average Bonchev–Trinajstić information content (AvgIpc) is 3.24. The van der Waals surface area contributed by atoms with E-state index in [4.69, 9.17) is 0 Å². The first-order valence-corrected chi connectivity index (χ1v) is 11.3. The van der Waals surface area contributed by atoms with Crippen LogP contribution in [0.2, 0.25) is 0 Å². The van der Waals surface area contributed by atoms with Gasteiger partial charge in [0.25, 0.3) is 0 Å². The number of carbonyl (C=O) groups is 1. The van der Waals surface area contributed by atoms with Crippen molar-refractivity contribution in [3.05, 3.63) is 77.1 Å². The number of anilines is 1. The van der Waals surface area contributed by atoms with Crippen LogP contribution in [-0.4, -0.2) is 32.5 Å². The van der Waals surface area contributed by atoms with E-state index in [9.17, 15) is 15.0 Å². The number of rotatable bonds is 7. The van der Waals surface area contributed by atoms with E-state index in [1.807, 2.05) is 35.4 Å². The van der Waals surface area contributed by atoms with Crippen molar-refractivity contribution >= 4 is 11.6 Å². The molecule has 0 bridgehead atoms. The summed E-state index contributed by atoms with van der Waals surface area (Å²) in [6.45, 7) is 5.14. The number of aliphatic hydroxyl groups excluding tert-OH is 1. The number of fused-ring (bicyclic) bond motifs is 1. The Morgan fingerprint density at radius 2 is 2.00 bits per heavy atom. The van der Waals surface area contributed by atoms with E-state index in [0.717, 1.165) is 41.6 Å². The van der Waals surface area contributed by atoms with Gasteiger partial charge in [-0.05, 0) is 60.1 Å². The molecule has 4 rings (SSSR count). The fourth-order valence-corrected chi connectivity index (χ4v) is 4.50. The molecular weight excluding hydrogens is 402 g/mol. The number of nitrogens with zero attached hydrogens (tertiary/aromatic N) is 3. The molecule has 1 heterocycles. The van der Waals surface area contributed by atoms with Crippen molar-refractivity contribution < 1.29 is 15.0 Å². The van der Waals surface area contributed by atoms with Crippen LogP contribution >= 0.6 is 0 Å². The zero-order chi connectivity index (χ0) is 22.7. The predicted molar refractivity (Wildman–Crippen MR) is 125 cm³/mol. The van der Waals surface area contributed by atoms with Crippen LogP contribution in [-0.2, 0) is 24.3 Å². The minimum atomic E-state index is -0.289. The summed E-state index contributed by atoms with van der Waals surface area (Å²) in [5.74, 6) is 0.433. The van der Waals surface area contributed by atoms with Crippen molar-refractivity contribution in [1.82, 2.24) is 9.78 Å². The Bertz CT molecular complexity index is 1070. The number of aromatic hydroxyl groups is 1. The molecule has 1 amide bonds. The van der Waals surface area contributed by atoms with Gasteiger partial charge in [0.05, 0.1) is 31.8 Å². The molecule has 1 atom stereocenters. The molecular formula is C26H31N3O3. The quantitative estimate of drug-likeness (QED) is 0.580. The second-order valence-electron chi connectivity index (χ2n) is 8.80. The Labute approximate surface area is 189 Å². The van der Waals surface area contributed by atoms with E-state index < -0.39 is 0 Å². The first kappa shape index (κ1) is 22.1. The summed E-state index contributed by atoms with van der Waals surface area (Å²) in [5.41, 5.74) is 4.81. The van der Waals surface area contributed by atoms with Crippen LogP contribution in [0.3, 0.4) is 0 Å². The number of aliphatic hydroxyl groups is 1. The molecule has 168 valence electrons. The van der Waals surface area contributed by atoms with E-state index in [1.165, 1.54) is 5.56 Å². The molecule has 6 heteroatoms. The molecule has 32 heavy (non-hydrogen) atoms. The van der Waals surface area contributed by atoms with Gasteiger partial charge in [0, 0.05) is 17.4 Å². The maximum Gasteiger partial charge on any atom is 0.234 e. The van der Waals surface area contributed by atoms with Gasteiger partial charge in [-0.15, -0.1) is 0 Å². The van der Waals surface area contributed by atoms with Crippen LogP contribution < -0.4 is 4.90 Å². The van der Waals surface area contributed by atoms with E-state index in [0.29, 0.717) is 19.0 Å². The van der Waals surface area contributed by atoms with Crippen LogP contribution in [0.4, 0.5) is 5.69 Å². The van der Waals surface area contributed by atoms with Crippen molar-refractivity contribution in [3.8, 4) is 5.75 Å². The highest BCUT2D eigenvalue weighted by atomic mass is 16.3. The predicted octanol–water partition coefficient (Wildman–Crippen LogP) is 4.36. The third kappa shape index (κ3) is 4.55. The Hall–Kier alpha value is -3.12. The zero-order valence-corrected chi connectivity index (χ0v) is 18.7. The Kier molecular flexibility index (Phi) is 6.61. The Morgan fingerprint density at radius 1 is 1.22 bits per heavy atom. The van der Waals surface area contributed by atoms with Gasteiger partial charge in [-0.2, -0.15) is 5.10 Å². The highest BCUT2D eigenvalue weighted by Crippen LogP contribution is 2.38. The Balaban J connectivity index is 1.68. The van der Waals surface area contributed by atoms with Gasteiger partial charge in [0.1, 0.15) is 5.75 Å². The number of phenolic OH excluding ortho intramolecular Hbond substituents is 1. The lowest BCUT2D eigenvalue weighted by Gasteiger charge is -2.31. The number of hydrogen-bond acceptors (Lipinski definition) is 4. The number of carbonyl (C=O) groups excluding carboxylic acids is 1. The smallest absolute Gasteiger partial charge is 0.234 e. The molecule has 0 fully saturated rings. The van der Waals surface area contributed by atoms with Crippen molar-refractivity contribution in [2.75, 3.05) is 11.5 Å². The second-order valence-corrected chi connectivity index (χ2v) is 8.80. The number of amides is 1. The van der Waals surface area contributed by atoms with Gasteiger partial charge in [-0.3, -0.25) is 9.48 Å². The maximum absolute atomic E-state index is 13.9. The van der Waals surface area contributed by atoms with Crippen LogP contribution in [0.25, 0.3) is 0 Å². The highest BCUT2D eigenvalue weighted by molar-refractivity contribution is 5.98. The van der Waals surface area contributed by atoms with E-state index in [1.54, 1.807) is 16.9 Å². The minimum absolute atomic E-state index is 0.0166. The second kappa shape index (κ2) is 9.57. The molecule has 3 aromatic rings. The largest absolute Gasteiger partial charge is 0.508 e. The van der Waals surface area contributed by atoms with Crippen LogP contribution in [0.5, 0.6) is 5.75 Å². The van der Waals surface area contributed by atoms with Gasteiger partial charge in [-0.1, -0.05) is 38.1 Å². The van der Waals surface area contributed by atoms with Crippen LogP contribution in [0.1, 0.15) is 60.8 Å². The summed E-state index contributed by atoms with van der Waals surface area (Å²) in [6, 6.07) is 13.7. The van der Waals surface area contributed by atoms with Gasteiger partial charge < -0.3 is 15.1 Å². The molecule has 0 aliphatic heterocycles. The molecule has 2 N–H and O–H groups in total. The average molecular weight is 434 g/mol. The fraction of sp³-hybridized carbons (Fsp3) is 0.385. The number of aromatic nitrogens is 2. The van der Waals surface area contributed by atoms with E-state index >= 15 is 0 Å². The maximum atomic E-state index is 13.9. The van der Waals surface area contributed by atoms with Crippen molar-refractivity contribution in [1.29, 1.82) is 0 Å². The normalized spacial score (nSPS) is 15.6. The Morgan fingerprint density at radius 3 is 2.72 bits per heavy atom. The van der Waals surface area contributed by atoms with Gasteiger partial charge in [0.15, 0.2) is 0 Å². The van der Waals surface area contributed by atoms with Crippen molar-refractivity contribution in [2.24, 2.45) is 0 Å². The lowest BCUT2D eigenvalue weighted by Crippen LogP contribution is -2.36. The molecule has 1 aliphatic carbocycles. The summed E-state index contributed by atoms with van der Waals surface area (Å²) in [5, 5.41) is 23.8. The lowest BCUT2D eigenvalue weighted by molar-refractivity contribution is -0.120. The molecule has 0 spiro atoms. The van der Waals surface area contributed by atoms with Crippen LogP contribution in [0, 0.1) is 0 Å². The number of phenols is 1. The topological polar surface area (TPSA) is 78.6 Å². The molecule has 0 radical (unpaired) electrons. The summed E-state index contributed by atoms with van der Waals surface area (Å²) in [4.78, 5) is 15.7. The fourth-order valence-electron chi connectivity index (χ4n) is 4.50. The van der Waals surface area contributed by atoms with Gasteiger partial charge >= 0.3 is 0 Å². The summed E-state index contributed by atoms with van der Waals surface area (Å²) >= 11 is 0. The summed E-state index contributed by atoms with van der Waals surface area (Å²) < 4.78 is 1.69. The molecule has 2 aromatic carbocycles. The molecule has 1 unspecified atom stereocenters. The van der Waals surface area contributed by atoms with E-state index in [2.05, 4.69) is 31.1 Å². The number of benzene rings is 2. The molecule has 6 nitrogen and oxygen atoms in total. The highest BCUT2D eigenvalue weighted by Gasteiger charge is 2.32. The third-order valence-corrected chi connectivity index (χ3v) is 6.27. The number of hydrogen-bond donors (Lipinski definition) is 2. The van der Waals surface area contributed by atoms with Gasteiger partial charge in [-0.25, -0.2) is 0 Å². The molecule has 0 saturated heterocycles. The minimum Gasteiger partial charge on any atom is -0.508 e. The first-order chi connectivity index (χ1) is 15.5. The monoisotopic (exact) mass is 433 g/mol. The molecule has 1 aliphatic rings. The summed E-state index contributed by atoms with van der Waals surface area (Å²) in [6.07, 6.45) is 6.05. The lowest BCUT2D eigenvalue weighted by atomic mass is 9.81. The first-order valence-electron chi connectivity index (χ1n) is 11.3. The zero-order valence-electron chi connectivity index (χ0n) is 18.7. The SMILES string of the molecule is CC(C)c1ccc(N(Cc2cnn(CCO)c2)C(=O)C2CCCc3c(O)cccc32)cc1. The van der Waals surface area contributed by atoms with Crippen molar-refractivity contribution in [3.63, 3.8) is 0 Å². The molecule has 0 saturated carbocycles. The van der Waals surface area contributed by atoms with E-state index in [-0.39, 0.29) is 24.2 Å². The summed E-state index contributed by atoms with van der Waals surface area (Å²) in [7, 11) is 0. The van der Waals surface area contributed by atoms with Crippen LogP contribution in [0.15, 0.2) is 54.9 Å². The standard InChI is InChI=1S/C26H31N3O3/c1-18(2)20-9-11-21(12-10-20)29(17-19-15-27-28(16-19)13-14-30)26(32)24-7-3-6-23-22(24)5-4-8-25(23)31/h4-5,8-12,15-16,18,24,30-31H,3,6-7,13-14,17H2,1-2H3. The molecule has 1 aromatic heterocycles. The van der Waals surface area contributed by atoms with Crippen molar-refractivity contribution in [2.45, 2.75) is 58.0 Å². The third-order valence-electron chi connectivity index (χ3n) is 6.27.